The first-order valence-corrected chi connectivity index (χ1v) is 7.27. The molecule has 0 atom stereocenters. The van der Waals surface area contributed by atoms with Crippen LogP contribution in [0.1, 0.15) is 35.0 Å². The van der Waals surface area contributed by atoms with Crippen molar-refractivity contribution in [1.29, 1.82) is 0 Å². The van der Waals surface area contributed by atoms with Crippen LogP contribution in [0.2, 0.25) is 0 Å². The molecule has 0 unspecified atom stereocenters. The van der Waals surface area contributed by atoms with E-state index in [1.807, 2.05) is 0 Å². The minimum atomic E-state index is -1.04. The Balaban J connectivity index is 2.11. The highest BCUT2D eigenvalue weighted by atomic mass is 32.1. The average Bonchev–Trinajstić information content (AvgIpc) is 2.83. The Morgan fingerprint density at radius 2 is 2.05 bits per heavy atom. The largest absolute Gasteiger partial charge is 0.478 e. The predicted molar refractivity (Wildman–Crippen MR) is 76.8 cm³/mol. The van der Waals surface area contributed by atoms with Gasteiger partial charge in [-0.2, -0.15) is 0 Å². The molecule has 1 aliphatic heterocycles. The molecule has 1 saturated heterocycles. The van der Waals surface area contributed by atoms with Crippen LogP contribution in [-0.4, -0.2) is 45.7 Å². The van der Waals surface area contributed by atoms with Gasteiger partial charge in [0.2, 0.25) is 0 Å². The first-order valence-electron chi connectivity index (χ1n) is 6.39. The van der Waals surface area contributed by atoms with Gasteiger partial charge in [-0.25, -0.2) is 4.79 Å². The van der Waals surface area contributed by atoms with Gasteiger partial charge in [0.1, 0.15) is 0 Å². The van der Waals surface area contributed by atoms with Gasteiger partial charge in [0.05, 0.1) is 10.5 Å². The van der Waals surface area contributed by atoms with Crippen molar-refractivity contribution in [3.8, 4) is 0 Å². The lowest BCUT2D eigenvalue weighted by Crippen LogP contribution is -2.45. The number of carboxylic acid groups (broad SMARTS) is 1. The van der Waals surface area contributed by atoms with E-state index in [-0.39, 0.29) is 5.91 Å². The SMILES string of the molecule is CC1(O)CCN(C(=O)c2sccc2/C=C/C(=O)O)CC1. The maximum atomic E-state index is 12.4. The molecule has 0 bridgehead atoms. The number of carbonyl (C=O) groups excluding carboxylic acids is 1. The predicted octanol–water partition coefficient (Wildman–Crippen LogP) is 1.83. The highest BCUT2D eigenvalue weighted by Crippen LogP contribution is 2.25. The van der Waals surface area contributed by atoms with Gasteiger partial charge in [0, 0.05) is 19.2 Å². The number of aliphatic carboxylic acids is 1. The molecule has 1 amide bonds. The molecule has 20 heavy (non-hydrogen) atoms. The Bertz CT molecular complexity index is 537. The summed E-state index contributed by atoms with van der Waals surface area (Å²) in [4.78, 5) is 25.2. The lowest BCUT2D eigenvalue weighted by molar-refractivity contribution is -0.131. The first kappa shape index (κ1) is 14.7. The van der Waals surface area contributed by atoms with Gasteiger partial charge >= 0.3 is 5.97 Å². The molecule has 1 aliphatic rings. The van der Waals surface area contributed by atoms with E-state index in [0.29, 0.717) is 36.4 Å². The van der Waals surface area contributed by atoms with E-state index in [1.165, 1.54) is 17.4 Å². The molecule has 1 aromatic heterocycles. The van der Waals surface area contributed by atoms with Gasteiger partial charge in [-0.1, -0.05) is 0 Å². The van der Waals surface area contributed by atoms with E-state index < -0.39 is 11.6 Å². The Morgan fingerprint density at radius 3 is 2.65 bits per heavy atom. The molecule has 5 nitrogen and oxygen atoms in total. The summed E-state index contributed by atoms with van der Waals surface area (Å²) >= 11 is 1.30. The molecule has 0 aliphatic carbocycles. The van der Waals surface area contributed by atoms with Crippen molar-refractivity contribution in [2.24, 2.45) is 0 Å². The number of rotatable bonds is 3. The van der Waals surface area contributed by atoms with Crippen LogP contribution in [0.5, 0.6) is 0 Å². The molecular weight excluding hydrogens is 278 g/mol. The van der Waals surface area contributed by atoms with Crippen LogP contribution >= 0.6 is 11.3 Å². The zero-order valence-electron chi connectivity index (χ0n) is 11.2. The fraction of sp³-hybridized carbons (Fsp3) is 0.429. The highest BCUT2D eigenvalue weighted by molar-refractivity contribution is 7.12. The van der Waals surface area contributed by atoms with Crippen molar-refractivity contribution in [2.45, 2.75) is 25.4 Å². The minimum absolute atomic E-state index is 0.0967. The number of hydrogen-bond donors (Lipinski definition) is 2. The summed E-state index contributed by atoms with van der Waals surface area (Å²) in [5.74, 6) is -1.14. The zero-order valence-corrected chi connectivity index (χ0v) is 12.0. The number of carbonyl (C=O) groups is 2. The smallest absolute Gasteiger partial charge is 0.328 e. The molecule has 108 valence electrons. The Hall–Kier alpha value is -1.66. The van der Waals surface area contributed by atoms with Crippen LogP contribution < -0.4 is 0 Å². The number of nitrogens with zero attached hydrogens (tertiary/aromatic N) is 1. The summed E-state index contributed by atoms with van der Waals surface area (Å²) in [5, 5.41) is 20.3. The molecular formula is C14H17NO4S. The Labute approximate surface area is 121 Å². The van der Waals surface area contributed by atoms with Gasteiger partial charge in [-0.05, 0) is 42.9 Å². The maximum absolute atomic E-state index is 12.4. The van der Waals surface area contributed by atoms with Crippen LogP contribution in [0.15, 0.2) is 17.5 Å². The van der Waals surface area contributed by atoms with Crippen LogP contribution in [0, 0.1) is 0 Å². The molecule has 1 aromatic rings. The number of aliphatic hydroxyl groups is 1. The quantitative estimate of drug-likeness (QED) is 0.834. The van der Waals surface area contributed by atoms with Crippen molar-refractivity contribution in [3.05, 3.63) is 28.0 Å². The van der Waals surface area contributed by atoms with E-state index in [9.17, 15) is 14.7 Å². The Morgan fingerprint density at radius 1 is 1.40 bits per heavy atom. The number of hydrogen-bond acceptors (Lipinski definition) is 4. The van der Waals surface area contributed by atoms with Crippen molar-refractivity contribution >= 4 is 29.3 Å². The zero-order chi connectivity index (χ0) is 14.8. The second-order valence-electron chi connectivity index (χ2n) is 5.17. The summed E-state index contributed by atoms with van der Waals surface area (Å²) < 4.78 is 0. The summed E-state index contributed by atoms with van der Waals surface area (Å²) in [6.07, 6.45) is 3.58. The molecule has 1 fully saturated rings. The number of amides is 1. The van der Waals surface area contributed by atoms with Gasteiger partial charge in [0.25, 0.3) is 5.91 Å². The van der Waals surface area contributed by atoms with Crippen LogP contribution in [-0.2, 0) is 4.79 Å². The number of piperidine rings is 1. The van der Waals surface area contributed by atoms with E-state index in [0.717, 1.165) is 6.08 Å². The van der Waals surface area contributed by atoms with Crippen molar-refractivity contribution in [3.63, 3.8) is 0 Å². The third-order valence-electron chi connectivity index (χ3n) is 3.42. The van der Waals surface area contributed by atoms with Crippen LogP contribution in [0.3, 0.4) is 0 Å². The second-order valence-corrected chi connectivity index (χ2v) is 6.08. The average molecular weight is 295 g/mol. The minimum Gasteiger partial charge on any atom is -0.478 e. The van der Waals surface area contributed by atoms with Crippen molar-refractivity contribution in [2.75, 3.05) is 13.1 Å². The van der Waals surface area contributed by atoms with Gasteiger partial charge < -0.3 is 15.1 Å². The highest BCUT2D eigenvalue weighted by Gasteiger charge is 2.30. The molecule has 0 aromatic carbocycles. The molecule has 0 radical (unpaired) electrons. The third-order valence-corrected chi connectivity index (χ3v) is 4.34. The Kier molecular flexibility index (Phi) is 4.25. The fourth-order valence-electron chi connectivity index (χ4n) is 2.12. The molecule has 0 spiro atoms. The molecule has 2 rings (SSSR count). The molecule has 2 heterocycles. The lowest BCUT2D eigenvalue weighted by Gasteiger charge is -2.35. The van der Waals surface area contributed by atoms with E-state index >= 15 is 0 Å². The molecule has 2 N–H and O–H groups in total. The van der Waals surface area contributed by atoms with E-state index in [2.05, 4.69) is 0 Å². The number of thiophene rings is 1. The molecule has 6 heteroatoms. The van der Waals surface area contributed by atoms with Crippen LogP contribution in [0.25, 0.3) is 6.08 Å². The fourth-order valence-corrected chi connectivity index (χ4v) is 2.97. The van der Waals surface area contributed by atoms with E-state index in [4.69, 9.17) is 5.11 Å². The normalized spacial score (nSPS) is 18.4. The van der Waals surface area contributed by atoms with Crippen molar-refractivity contribution in [1.82, 2.24) is 4.90 Å². The summed E-state index contributed by atoms with van der Waals surface area (Å²) in [6, 6.07) is 1.73. The summed E-state index contributed by atoms with van der Waals surface area (Å²) in [7, 11) is 0. The second kappa shape index (κ2) is 5.76. The number of carboxylic acids is 1. The summed E-state index contributed by atoms with van der Waals surface area (Å²) in [6.45, 7) is 2.82. The maximum Gasteiger partial charge on any atom is 0.328 e. The standard InChI is InChI=1S/C14H17NO4S/c1-14(19)5-7-15(8-6-14)13(18)12-10(4-9-20-12)2-3-11(16)17/h2-4,9,19H,5-8H2,1H3,(H,16,17)/b3-2+. The van der Waals surface area contributed by atoms with E-state index in [1.54, 1.807) is 23.3 Å². The van der Waals surface area contributed by atoms with Gasteiger partial charge in [0.15, 0.2) is 0 Å². The van der Waals surface area contributed by atoms with Gasteiger partial charge in [-0.3, -0.25) is 4.79 Å². The van der Waals surface area contributed by atoms with Crippen LogP contribution in [0.4, 0.5) is 0 Å². The van der Waals surface area contributed by atoms with Gasteiger partial charge in [-0.15, -0.1) is 11.3 Å². The number of likely N-dealkylation sites (tertiary alicyclic amines) is 1. The third kappa shape index (κ3) is 3.46. The lowest BCUT2D eigenvalue weighted by atomic mass is 9.94. The molecule has 0 saturated carbocycles. The first-order chi connectivity index (χ1) is 9.39. The summed E-state index contributed by atoms with van der Waals surface area (Å²) in [5.41, 5.74) is -0.0714. The van der Waals surface area contributed by atoms with Crippen molar-refractivity contribution < 1.29 is 19.8 Å². The topological polar surface area (TPSA) is 77.8 Å². The monoisotopic (exact) mass is 295 g/mol.